The average molecular weight is 290 g/mol. The van der Waals surface area contributed by atoms with Crippen molar-refractivity contribution < 1.29 is 77.2 Å². The molecule has 5 heteroatoms. The van der Waals surface area contributed by atoms with Crippen LogP contribution in [-0.4, -0.2) is 0 Å². The van der Waals surface area contributed by atoms with Gasteiger partial charge in [0, 0.05) is 0 Å². The van der Waals surface area contributed by atoms with Crippen molar-refractivity contribution in [1.82, 2.24) is 0 Å². The van der Waals surface area contributed by atoms with Crippen molar-refractivity contribution in [2.45, 2.75) is 0 Å². The molecule has 0 aliphatic carbocycles. The van der Waals surface area contributed by atoms with Gasteiger partial charge in [-0.3, -0.25) is 0 Å². The third-order valence-electron chi connectivity index (χ3n) is 0. The van der Waals surface area contributed by atoms with Crippen LogP contribution < -0.4 is 0 Å². The van der Waals surface area contributed by atoms with Gasteiger partial charge in [0.15, 0.2) is 0 Å². The Morgan fingerprint density at radius 1 is 0.600 bits per heavy atom. The summed E-state index contributed by atoms with van der Waals surface area (Å²) in [5, 5.41) is 0. The third kappa shape index (κ3) is 25.2. The zero-order valence-electron chi connectivity index (χ0n) is 2.16. The van der Waals surface area contributed by atoms with Crippen LogP contribution in [0.1, 0.15) is 0 Å². The van der Waals surface area contributed by atoms with E-state index < -0.39 is 0 Å². The normalized spacial score (nSPS) is 0. The van der Waals surface area contributed by atoms with E-state index in [9.17, 15) is 0 Å². The fraction of sp³-hybridized carbons (Fsp3) is 0. The van der Waals surface area contributed by atoms with Gasteiger partial charge in [-0.05, 0) is 0 Å². The van der Waals surface area contributed by atoms with Crippen molar-refractivity contribution in [1.29, 1.82) is 0 Å². The van der Waals surface area contributed by atoms with Crippen LogP contribution in [-0.2, 0) is 35.9 Å². The molecule has 0 unspecified atom stereocenters. The average Bonchev–Trinajstić information content (AvgIpc) is 0. The van der Waals surface area contributed by atoms with Gasteiger partial charge in [-0.1, -0.05) is 0 Å². The number of hydrogen-bond acceptors (Lipinski definition) is 0. The molecule has 3 nitrogen and oxygen atoms in total. The first-order valence-corrected chi connectivity index (χ1v) is 0. The Balaban J connectivity index is 0. The summed E-state index contributed by atoms with van der Waals surface area (Å²) in [7, 11) is 0. The molecule has 0 saturated carbocycles. The maximum Gasteiger partial charge on any atom is 3.00 e. The van der Waals surface area contributed by atoms with Gasteiger partial charge in [0.05, 0.1) is 0 Å². The van der Waals surface area contributed by atoms with Crippen molar-refractivity contribution in [2.75, 3.05) is 0 Å². The molecule has 0 aliphatic heterocycles. The van der Waals surface area contributed by atoms with Crippen molar-refractivity contribution in [3.8, 4) is 0 Å². The van der Waals surface area contributed by atoms with E-state index in [1.165, 1.54) is 0 Å². The Hall–Kier alpha value is 1.87. The van der Waals surface area contributed by atoms with Gasteiger partial charge in [0.1, 0.15) is 0 Å². The van der Waals surface area contributed by atoms with Gasteiger partial charge in [0.25, 0.3) is 0 Å². The van der Waals surface area contributed by atoms with Crippen LogP contribution in [0.15, 0.2) is 0 Å². The molecule has 0 aromatic rings. The fourth-order valence-corrected chi connectivity index (χ4v) is 0. The molecule has 0 aliphatic rings. The molecule has 1 radical (unpaired) electrons. The van der Waals surface area contributed by atoms with Crippen LogP contribution in [0, 0.1) is 41.3 Å². The smallest absolute Gasteiger partial charge is 2.00 e. The van der Waals surface area contributed by atoms with Gasteiger partial charge in [-0.15, -0.1) is 0 Å². The Kier molecular flexibility index (Phi) is 541. The van der Waals surface area contributed by atoms with Gasteiger partial charge < -0.3 is 16.4 Å². The summed E-state index contributed by atoms with van der Waals surface area (Å²) >= 11 is 0. The molecular weight excluding hydrogens is 290 g/mol. The molecule has 29 valence electrons. The van der Waals surface area contributed by atoms with Crippen molar-refractivity contribution in [3.63, 3.8) is 0 Å². The summed E-state index contributed by atoms with van der Waals surface area (Å²) in [6.07, 6.45) is 0. The predicted octanol–water partition coefficient (Wildman–Crippen LogP) is -0.359. The molecule has 0 atom stereocenters. The van der Waals surface area contributed by atoms with Gasteiger partial charge in [-0.25, -0.2) is 0 Å². The van der Waals surface area contributed by atoms with Gasteiger partial charge >= 0.3 is 60.8 Å². The second-order valence-electron chi connectivity index (χ2n) is 0. The molecule has 0 spiro atoms. The Labute approximate surface area is 76.1 Å². The van der Waals surface area contributed by atoms with Crippen LogP contribution in [0.25, 0.3) is 0 Å². The first kappa shape index (κ1) is 67.8. The van der Waals surface area contributed by atoms with Gasteiger partial charge in [-0.2, -0.15) is 0 Å². The monoisotopic (exact) mass is 291 g/mol. The summed E-state index contributed by atoms with van der Waals surface area (Å²) in [5.41, 5.74) is 0. The van der Waals surface area contributed by atoms with E-state index in [0.29, 0.717) is 0 Å². The van der Waals surface area contributed by atoms with Crippen LogP contribution >= 0.6 is 0 Å². The summed E-state index contributed by atoms with van der Waals surface area (Å²) in [5.74, 6) is 0. The molecule has 0 saturated heterocycles. The zero-order chi connectivity index (χ0) is 0. The van der Waals surface area contributed by atoms with E-state index in [4.69, 9.17) is 0 Å². The third-order valence-corrected chi connectivity index (χ3v) is 0. The van der Waals surface area contributed by atoms with Crippen LogP contribution in [0.4, 0.5) is 0 Å². The second-order valence-corrected chi connectivity index (χ2v) is 0. The first-order chi connectivity index (χ1) is 0. The molecule has 0 heterocycles. The maximum absolute atomic E-state index is 0. The van der Waals surface area contributed by atoms with Crippen LogP contribution in [0.5, 0.6) is 0 Å². The van der Waals surface area contributed by atoms with E-state index in [-0.39, 0.29) is 77.2 Å². The van der Waals surface area contributed by atoms with Crippen LogP contribution in [0.3, 0.4) is 0 Å². The molecule has 0 fully saturated rings. The quantitative estimate of drug-likeness (QED) is 0.546. The topological polar surface area (TPSA) is 85.5 Å². The fourth-order valence-electron chi connectivity index (χ4n) is 0. The standard InChI is InChI=1S/3O.Pr.Ru/q3*-2;2*+3. The Morgan fingerprint density at radius 3 is 0.600 bits per heavy atom. The summed E-state index contributed by atoms with van der Waals surface area (Å²) < 4.78 is 0. The molecule has 0 aromatic carbocycles. The zero-order valence-corrected chi connectivity index (χ0v) is 7.60. The number of rotatable bonds is 0. The molecule has 0 aromatic heterocycles. The van der Waals surface area contributed by atoms with Crippen molar-refractivity contribution in [2.24, 2.45) is 0 Å². The largest absolute Gasteiger partial charge is 3.00 e. The Bertz CT molecular complexity index is 6.85. The summed E-state index contributed by atoms with van der Waals surface area (Å²) in [6, 6.07) is 0. The van der Waals surface area contributed by atoms with Crippen molar-refractivity contribution in [3.05, 3.63) is 0 Å². The predicted molar refractivity (Wildman–Crippen MR) is 2.06 cm³/mol. The second kappa shape index (κ2) is 39.9. The molecule has 0 bridgehead atoms. The van der Waals surface area contributed by atoms with Crippen molar-refractivity contribution >= 4 is 0 Å². The van der Waals surface area contributed by atoms with Crippen LogP contribution in [0.2, 0.25) is 0 Å². The number of hydrogen-bond donors (Lipinski definition) is 0. The Morgan fingerprint density at radius 2 is 0.600 bits per heavy atom. The molecule has 0 amide bonds. The SMILES string of the molecule is [O-2].[O-2].[O-2].[Pr+3].[Ru+3]. The summed E-state index contributed by atoms with van der Waals surface area (Å²) in [6.45, 7) is 0. The minimum atomic E-state index is 0. The minimum Gasteiger partial charge on any atom is -2.00 e. The minimum absolute atomic E-state index is 0. The van der Waals surface area contributed by atoms with E-state index in [0.717, 1.165) is 0 Å². The van der Waals surface area contributed by atoms with E-state index in [2.05, 4.69) is 0 Å². The molecule has 5 heavy (non-hydrogen) atoms. The van der Waals surface area contributed by atoms with E-state index in [1.54, 1.807) is 0 Å². The molecule has 0 N–H and O–H groups in total. The van der Waals surface area contributed by atoms with E-state index in [1.807, 2.05) is 0 Å². The summed E-state index contributed by atoms with van der Waals surface area (Å²) in [4.78, 5) is 0. The maximum atomic E-state index is 0. The van der Waals surface area contributed by atoms with Gasteiger partial charge in [0.2, 0.25) is 0 Å². The first-order valence-electron chi connectivity index (χ1n) is 0. The molecular formula is O3PrRu. The van der Waals surface area contributed by atoms with E-state index >= 15 is 0 Å². The molecule has 0 rings (SSSR count).